The smallest absolute Gasteiger partial charge is 0.119 e. The van der Waals surface area contributed by atoms with Crippen LogP contribution in [0.5, 0.6) is 5.75 Å². The second kappa shape index (κ2) is 10.1. The quantitative estimate of drug-likeness (QED) is 0.298. The van der Waals surface area contributed by atoms with E-state index in [1.807, 2.05) is 31.2 Å². The van der Waals surface area contributed by atoms with Gasteiger partial charge in [-0.25, -0.2) is 0 Å². The fraction of sp³-hybridized carbons (Fsp3) is 0.600. The van der Waals surface area contributed by atoms with Crippen molar-refractivity contribution in [2.45, 2.75) is 45.1 Å². The number of unbranched alkanes of at least 4 members (excludes halogenated alkanes) is 4. The number of ether oxygens (including phenoxy) is 1. The van der Waals surface area contributed by atoms with Gasteiger partial charge in [-0.1, -0.05) is 36.5 Å². The van der Waals surface area contributed by atoms with Crippen molar-refractivity contribution < 1.29 is 4.74 Å². The van der Waals surface area contributed by atoms with Crippen molar-refractivity contribution >= 4 is 0 Å². The van der Waals surface area contributed by atoms with Gasteiger partial charge < -0.3 is 10.5 Å². The SMILES string of the molecule is C[C@@H](N)c1cccc(OCCCCCCCN=[N+]=[N-])c1. The third kappa shape index (κ3) is 7.02. The van der Waals surface area contributed by atoms with Crippen molar-refractivity contribution in [3.05, 3.63) is 40.3 Å². The third-order valence-electron chi connectivity index (χ3n) is 3.12. The summed E-state index contributed by atoms with van der Waals surface area (Å²) >= 11 is 0. The average Bonchev–Trinajstić information content (AvgIpc) is 2.46. The van der Waals surface area contributed by atoms with Crippen molar-refractivity contribution in [2.75, 3.05) is 13.2 Å². The first-order chi connectivity index (χ1) is 9.74. The van der Waals surface area contributed by atoms with Gasteiger partial charge in [0, 0.05) is 17.5 Å². The molecule has 20 heavy (non-hydrogen) atoms. The van der Waals surface area contributed by atoms with Crippen LogP contribution in [0.1, 0.15) is 50.6 Å². The molecule has 0 aromatic heterocycles. The Morgan fingerprint density at radius 1 is 1.25 bits per heavy atom. The number of hydrogen-bond acceptors (Lipinski definition) is 3. The van der Waals surface area contributed by atoms with E-state index in [9.17, 15) is 0 Å². The van der Waals surface area contributed by atoms with Gasteiger partial charge in [0.1, 0.15) is 5.75 Å². The molecule has 0 unspecified atom stereocenters. The maximum Gasteiger partial charge on any atom is 0.119 e. The Morgan fingerprint density at radius 2 is 2.00 bits per heavy atom. The van der Waals surface area contributed by atoms with Crippen LogP contribution in [0.4, 0.5) is 0 Å². The fourth-order valence-corrected chi connectivity index (χ4v) is 1.94. The largest absolute Gasteiger partial charge is 0.494 e. The molecule has 0 aliphatic carbocycles. The Hall–Kier alpha value is -1.71. The van der Waals surface area contributed by atoms with Crippen LogP contribution in [0, 0.1) is 0 Å². The van der Waals surface area contributed by atoms with Gasteiger partial charge in [-0.05, 0) is 43.0 Å². The second-order valence-corrected chi connectivity index (χ2v) is 4.93. The van der Waals surface area contributed by atoms with E-state index in [1.54, 1.807) is 0 Å². The number of nitrogens with two attached hydrogens (primary N) is 1. The molecule has 0 saturated carbocycles. The lowest BCUT2D eigenvalue weighted by atomic mass is 10.1. The zero-order chi connectivity index (χ0) is 14.6. The van der Waals surface area contributed by atoms with E-state index < -0.39 is 0 Å². The van der Waals surface area contributed by atoms with E-state index in [0.717, 1.165) is 50.0 Å². The Morgan fingerprint density at radius 3 is 2.75 bits per heavy atom. The zero-order valence-corrected chi connectivity index (χ0v) is 12.2. The highest BCUT2D eigenvalue weighted by atomic mass is 16.5. The molecule has 110 valence electrons. The van der Waals surface area contributed by atoms with Crippen LogP contribution in [0.15, 0.2) is 29.4 Å². The molecule has 0 aliphatic heterocycles. The van der Waals surface area contributed by atoms with Crippen molar-refractivity contribution in [2.24, 2.45) is 10.8 Å². The molecule has 0 radical (unpaired) electrons. The molecule has 0 saturated heterocycles. The highest BCUT2D eigenvalue weighted by molar-refractivity contribution is 5.30. The molecule has 5 heteroatoms. The third-order valence-corrected chi connectivity index (χ3v) is 3.12. The van der Waals surface area contributed by atoms with Crippen molar-refractivity contribution in [3.63, 3.8) is 0 Å². The van der Waals surface area contributed by atoms with E-state index in [1.165, 1.54) is 0 Å². The monoisotopic (exact) mass is 276 g/mol. The first kappa shape index (κ1) is 16.3. The molecule has 0 fully saturated rings. The van der Waals surface area contributed by atoms with Gasteiger partial charge in [0.2, 0.25) is 0 Å². The molecule has 0 spiro atoms. The summed E-state index contributed by atoms with van der Waals surface area (Å²) in [4.78, 5) is 2.73. The van der Waals surface area contributed by atoms with Crippen molar-refractivity contribution in [3.8, 4) is 5.75 Å². The van der Waals surface area contributed by atoms with Crippen LogP contribution < -0.4 is 10.5 Å². The predicted octanol–water partition coefficient (Wildman–Crippen LogP) is 4.35. The molecule has 0 aliphatic rings. The van der Waals surface area contributed by atoms with Gasteiger partial charge in [-0.3, -0.25) is 0 Å². The van der Waals surface area contributed by atoms with Gasteiger partial charge >= 0.3 is 0 Å². The highest BCUT2D eigenvalue weighted by Gasteiger charge is 2.01. The maximum absolute atomic E-state index is 8.13. The number of rotatable bonds is 10. The van der Waals surface area contributed by atoms with E-state index in [0.29, 0.717) is 6.54 Å². The highest BCUT2D eigenvalue weighted by Crippen LogP contribution is 2.18. The summed E-state index contributed by atoms with van der Waals surface area (Å²) in [5, 5.41) is 3.51. The summed E-state index contributed by atoms with van der Waals surface area (Å²) in [6, 6.07) is 8.00. The summed E-state index contributed by atoms with van der Waals surface area (Å²) in [6.07, 6.45) is 5.43. The van der Waals surface area contributed by atoms with E-state index >= 15 is 0 Å². The first-order valence-corrected chi connectivity index (χ1v) is 7.23. The lowest BCUT2D eigenvalue weighted by molar-refractivity contribution is 0.304. The summed E-state index contributed by atoms with van der Waals surface area (Å²) in [6.45, 7) is 3.31. The van der Waals surface area contributed by atoms with Gasteiger partial charge in [-0.2, -0.15) is 0 Å². The Balaban J connectivity index is 2.09. The molecule has 0 heterocycles. The van der Waals surface area contributed by atoms with Gasteiger partial charge in [0.15, 0.2) is 0 Å². The second-order valence-electron chi connectivity index (χ2n) is 4.93. The van der Waals surface area contributed by atoms with E-state index in [4.69, 9.17) is 16.0 Å². The van der Waals surface area contributed by atoms with Crippen LogP contribution in [0.25, 0.3) is 10.4 Å². The van der Waals surface area contributed by atoms with E-state index in [2.05, 4.69) is 10.0 Å². The van der Waals surface area contributed by atoms with Crippen LogP contribution >= 0.6 is 0 Å². The van der Waals surface area contributed by atoms with Crippen molar-refractivity contribution in [1.82, 2.24) is 0 Å². The molecular formula is C15H24N4O. The minimum Gasteiger partial charge on any atom is -0.494 e. The Bertz CT molecular complexity index is 428. The number of hydrogen-bond donors (Lipinski definition) is 1. The lowest BCUT2D eigenvalue weighted by Gasteiger charge is -2.10. The van der Waals surface area contributed by atoms with Crippen LogP contribution in [0.3, 0.4) is 0 Å². The molecule has 5 nitrogen and oxygen atoms in total. The zero-order valence-electron chi connectivity index (χ0n) is 12.2. The van der Waals surface area contributed by atoms with Crippen LogP contribution in [-0.4, -0.2) is 13.2 Å². The maximum atomic E-state index is 8.13. The minimum absolute atomic E-state index is 0.0367. The molecule has 0 amide bonds. The molecule has 1 atom stereocenters. The topological polar surface area (TPSA) is 84.0 Å². The summed E-state index contributed by atoms with van der Waals surface area (Å²) < 4.78 is 5.72. The Kier molecular flexibility index (Phi) is 8.27. The van der Waals surface area contributed by atoms with Crippen molar-refractivity contribution in [1.29, 1.82) is 0 Å². The average molecular weight is 276 g/mol. The number of azide groups is 1. The first-order valence-electron chi connectivity index (χ1n) is 7.23. The minimum atomic E-state index is 0.0367. The Labute approximate surface area is 120 Å². The van der Waals surface area contributed by atoms with Gasteiger partial charge in [0.05, 0.1) is 6.61 Å². The number of nitrogens with zero attached hydrogens (tertiary/aromatic N) is 3. The normalized spacial score (nSPS) is 11.7. The van der Waals surface area contributed by atoms with Gasteiger partial charge in [-0.15, -0.1) is 0 Å². The summed E-state index contributed by atoms with van der Waals surface area (Å²) in [7, 11) is 0. The molecule has 1 aromatic rings. The summed E-state index contributed by atoms with van der Waals surface area (Å²) in [5.41, 5.74) is 15.1. The van der Waals surface area contributed by atoms with Gasteiger partial charge in [0.25, 0.3) is 0 Å². The lowest BCUT2D eigenvalue weighted by Crippen LogP contribution is -2.05. The summed E-state index contributed by atoms with van der Waals surface area (Å²) in [5.74, 6) is 0.892. The molecule has 1 rings (SSSR count). The molecule has 2 N–H and O–H groups in total. The number of benzene rings is 1. The molecular weight excluding hydrogens is 252 g/mol. The standard InChI is InChI=1S/C15H24N4O/c1-13(16)14-8-7-9-15(12-14)20-11-6-4-2-3-5-10-18-19-17/h7-9,12-13H,2-6,10-11,16H2,1H3/t13-/m1/s1. The van der Waals surface area contributed by atoms with Crippen LogP contribution in [-0.2, 0) is 0 Å². The van der Waals surface area contributed by atoms with Crippen LogP contribution in [0.2, 0.25) is 0 Å². The predicted molar refractivity (Wildman–Crippen MR) is 81.6 cm³/mol. The van der Waals surface area contributed by atoms with E-state index in [-0.39, 0.29) is 6.04 Å². The molecule has 1 aromatic carbocycles. The fourth-order valence-electron chi connectivity index (χ4n) is 1.94. The molecule has 0 bridgehead atoms.